The van der Waals surface area contributed by atoms with Gasteiger partial charge in [-0.15, -0.1) is 0 Å². The number of nitrogens with zero attached hydrogens (tertiary/aromatic N) is 2. The Bertz CT molecular complexity index is 1050. The molecule has 1 aromatic heterocycles. The van der Waals surface area contributed by atoms with Crippen LogP contribution in [0, 0.1) is 0 Å². The Morgan fingerprint density at radius 3 is 2.35 bits per heavy atom. The molecule has 0 saturated heterocycles. The summed E-state index contributed by atoms with van der Waals surface area (Å²) in [6, 6.07) is 17.7. The number of benzene rings is 2. The van der Waals surface area contributed by atoms with Crippen molar-refractivity contribution in [3.63, 3.8) is 0 Å². The predicted molar refractivity (Wildman–Crippen MR) is 101 cm³/mol. The number of imide groups is 1. The molecule has 1 N–H and O–H groups in total. The molecule has 2 amide bonds. The summed E-state index contributed by atoms with van der Waals surface area (Å²) in [7, 11) is 3.46. The monoisotopic (exact) mass is 345 g/mol. The molecule has 0 radical (unpaired) electrons. The van der Waals surface area contributed by atoms with Crippen LogP contribution in [0.3, 0.4) is 0 Å². The lowest BCUT2D eigenvalue weighted by atomic mass is 10.0. The van der Waals surface area contributed by atoms with Gasteiger partial charge in [0.05, 0.1) is 5.57 Å². The van der Waals surface area contributed by atoms with Crippen LogP contribution in [0.2, 0.25) is 0 Å². The maximum absolute atomic E-state index is 12.8. The molecule has 2 heterocycles. The van der Waals surface area contributed by atoms with Crippen molar-refractivity contribution in [3.8, 4) is 0 Å². The molecule has 0 atom stereocenters. The lowest BCUT2D eigenvalue weighted by molar-refractivity contribution is -0.135. The fraction of sp³-hybridized carbons (Fsp3) is 0.143. The van der Waals surface area contributed by atoms with Gasteiger partial charge in [0.15, 0.2) is 0 Å². The molecule has 5 nitrogen and oxygen atoms in total. The van der Waals surface area contributed by atoms with Crippen LogP contribution in [-0.4, -0.2) is 28.3 Å². The third-order valence-electron chi connectivity index (χ3n) is 4.77. The van der Waals surface area contributed by atoms with Crippen LogP contribution in [0.1, 0.15) is 11.1 Å². The van der Waals surface area contributed by atoms with Gasteiger partial charge in [0.1, 0.15) is 5.70 Å². The number of amides is 2. The molecule has 1 aliphatic heterocycles. The second-order valence-electron chi connectivity index (χ2n) is 6.43. The Morgan fingerprint density at radius 1 is 0.885 bits per heavy atom. The van der Waals surface area contributed by atoms with Crippen LogP contribution in [-0.2, 0) is 23.2 Å². The Morgan fingerprint density at radius 2 is 1.58 bits per heavy atom. The Hall–Kier alpha value is -3.34. The lowest BCUT2D eigenvalue weighted by Crippen LogP contribution is -2.29. The van der Waals surface area contributed by atoms with Gasteiger partial charge >= 0.3 is 0 Å². The molecule has 2 aromatic carbocycles. The van der Waals surface area contributed by atoms with Crippen molar-refractivity contribution < 1.29 is 9.59 Å². The van der Waals surface area contributed by atoms with Gasteiger partial charge in [0, 0.05) is 43.3 Å². The van der Waals surface area contributed by atoms with E-state index in [-0.39, 0.29) is 11.8 Å². The third-order valence-corrected chi connectivity index (χ3v) is 4.77. The topological polar surface area (TPSA) is 54.3 Å². The van der Waals surface area contributed by atoms with Crippen LogP contribution in [0.15, 0.2) is 66.5 Å². The fourth-order valence-corrected chi connectivity index (χ4v) is 3.38. The molecule has 5 heteroatoms. The van der Waals surface area contributed by atoms with E-state index in [4.69, 9.17) is 0 Å². The molecule has 4 rings (SSSR count). The van der Waals surface area contributed by atoms with E-state index in [1.165, 1.54) is 11.9 Å². The van der Waals surface area contributed by atoms with E-state index in [0.29, 0.717) is 17.8 Å². The average Bonchev–Trinajstić information content (AvgIpc) is 3.10. The van der Waals surface area contributed by atoms with E-state index in [1.54, 1.807) is 0 Å². The molecule has 1 aliphatic rings. The number of carbonyl (C=O) groups is 2. The first-order valence-corrected chi connectivity index (χ1v) is 8.47. The molecular weight excluding hydrogens is 326 g/mol. The van der Waals surface area contributed by atoms with Gasteiger partial charge in [-0.2, -0.15) is 0 Å². The number of aryl methyl sites for hydroxylation is 1. The molecule has 26 heavy (non-hydrogen) atoms. The van der Waals surface area contributed by atoms with Gasteiger partial charge < -0.3 is 9.88 Å². The smallest absolute Gasteiger partial charge is 0.277 e. The van der Waals surface area contributed by atoms with Crippen molar-refractivity contribution in [3.05, 3.63) is 77.6 Å². The minimum atomic E-state index is -0.297. The first-order valence-electron chi connectivity index (χ1n) is 8.47. The summed E-state index contributed by atoms with van der Waals surface area (Å²) in [6.07, 6.45) is 1.91. The van der Waals surface area contributed by atoms with Gasteiger partial charge in [0.25, 0.3) is 11.8 Å². The predicted octanol–water partition coefficient (Wildman–Crippen LogP) is 2.68. The summed E-state index contributed by atoms with van der Waals surface area (Å²) >= 11 is 0. The first-order chi connectivity index (χ1) is 12.6. The number of nitrogens with one attached hydrogen (secondary N) is 1. The largest absolute Gasteiger partial charge is 0.376 e. The fourth-order valence-electron chi connectivity index (χ4n) is 3.38. The minimum absolute atomic E-state index is 0.276. The number of hydrogen-bond acceptors (Lipinski definition) is 3. The van der Waals surface area contributed by atoms with Crippen LogP contribution in [0.5, 0.6) is 0 Å². The number of fused-ring (bicyclic) bond motifs is 1. The maximum atomic E-state index is 12.8. The molecule has 0 saturated carbocycles. The highest BCUT2D eigenvalue weighted by atomic mass is 16.2. The summed E-state index contributed by atoms with van der Waals surface area (Å²) in [4.78, 5) is 26.6. The quantitative estimate of drug-likeness (QED) is 0.740. The number of rotatable bonds is 4. The third kappa shape index (κ3) is 2.49. The Labute approximate surface area is 151 Å². The van der Waals surface area contributed by atoms with Crippen molar-refractivity contribution in [1.82, 2.24) is 14.8 Å². The second kappa shape index (κ2) is 6.19. The lowest BCUT2D eigenvalue weighted by Gasteiger charge is -2.08. The van der Waals surface area contributed by atoms with Crippen molar-refractivity contribution >= 4 is 28.3 Å². The Kier molecular flexibility index (Phi) is 3.84. The number of para-hydroxylation sites is 1. The maximum Gasteiger partial charge on any atom is 0.277 e. The summed E-state index contributed by atoms with van der Waals surface area (Å²) in [5, 5.41) is 4.15. The van der Waals surface area contributed by atoms with Crippen LogP contribution >= 0.6 is 0 Å². The summed E-state index contributed by atoms with van der Waals surface area (Å²) in [5.74, 6) is -0.573. The SMILES string of the molecule is CN1C(=O)C(NCc2ccccc2)=C(c2cn(C)c3ccccc23)C1=O. The van der Waals surface area contributed by atoms with E-state index >= 15 is 0 Å². The van der Waals surface area contributed by atoms with Crippen LogP contribution in [0.4, 0.5) is 0 Å². The highest BCUT2D eigenvalue weighted by Gasteiger charge is 2.37. The van der Waals surface area contributed by atoms with E-state index in [9.17, 15) is 9.59 Å². The van der Waals surface area contributed by atoms with Crippen molar-refractivity contribution in [1.29, 1.82) is 0 Å². The van der Waals surface area contributed by atoms with Crippen molar-refractivity contribution in [2.45, 2.75) is 6.54 Å². The molecule has 0 bridgehead atoms. The van der Waals surface area contributed by atoms with Crippen LogP contribution in [0.25, 0.3) is 16.5 Å². The average molecular weight is 345 g/mol. The molecule has 0 spiro atoms. The zero-order valence-corrected chi connectivity index (χ0v) is 14.7. The number of hydrogen-bond donors (Lipinski definition) is 1. The van der Waals surface area contributed by atoms with E-state index in [0.717, 1.165) is 22.0 Å². The molecule has 0 unspecified atom stereocenters. The standard InChI is InChI=1S/C21H19N3O2/c1-23-13-16(15-10-6-7-11-17(15)23)18-19(21(26)24(2)20(18)25)22-12-14-8-4-3-5-9-14/h3-11,13,22H,12H2,1-2H3. The molecule has 3 aromatic rings. The van der Waals surface area contributed by atoms with E-state index < -0.39 is 0 Å². The van der Waals surface area contributed by atoms with Crippen LogP contribution < -0.4 is 5.32 Å². The summed E-state index contributed by atoms with van der Waals surface area (Å²) < 4.78 is 1.97. The van der Waals surface area contributed by atoms with Gasteiger partial charge in [-0.05, 0) is 11.6 Å². The number of carbonyl (C=O) groups excluding carboxylic acids is 2. The highest BCUT2D eigenvalue weighted by Crippen LogP contribution is 2.33. The number of likely N-dealkylation sites (N-methyl/N-ethyl adjacent to an activating group) is 1. The molecule has 0 fully saturated rings. The van der Waals surface area contributed by atoms with Gasteiger partial charge in [-0.1, -0.05) is 48.5 Å². The molecule has 0 aliphatic carbocycles. The zero-order chi connectivity index (χ0) is 18.3. The van der Waals surface area contributed by atoms with Crippen molar-refractivity contribution in [2.24, 2.45) is 7.05 Å². The van der Waals surface area contributed by atoms with Gasteiger partial charge in [0.2, 0.25) is 0 Å². The van der Waals surface area contributed by atoms with E-state index in [1.807, 2.05) is 72.4 Å². The molecule has 130 valence electrons. The second-order valence-corrected chi connectivity index (χ2v) is 6.43. The van der Waals surface area contributed by atoms with Gasteiger partial charge in [-0.25, -0.2) is 0 Å². The molecular formula is C21H19N3O2. The normalized spacial score (nSPS) is 14.6. The minimum Gasteiger partial charge on any atom is -0.376 e. The Balaban J connectivity index is 1.82. The highest BCUT2D eigenvalue weighted by molar-refractivity contribution is 6.36. The van der Waals surface area contributed by atoms with E-state index in [2.05, 4.69) is 5.32 Å². The van der Waals surface area contributed by atoms with Gasteiger partial charge in [-0.3, -0.25) is 14.5 Å². The summed E-state index contributed by atoms with van der Waals surface area (Å²) in [6.45, 7) is 0.483. The zero-order valence-electron chi connectivity index (χ0n) is 14.7. The first kappa shape index (κ1) is 16.1. The number of aromatic nitrogens is 1. The van der Waals surface area contributed by atoms with Crippen molar-refractivity contribution in [2.75, 3.05) is 7.05 Å². The summed E-state index contributed by atoms with van der Waals surface area (Å²) in [5.41, 5.74) is 3.64.